The third kappa shape index (κ3) is 4.55. The largest absolute Gasteiger partial charge is 0.493 e. The van der Waals surface area contributed by atoms with Gasteiger partial charge in [0.05, 0.1) is 21.3 Å². The summed E-state index contributed by atoms with van der Waals surface area (Å²) in [4.78, 5) is 14.5. The predicted molar refractivity (Wildman–Crippen MR) is 76.3 cm³/mol. The molecule has 1 atom stereocenters. The van der Waals surface area contributed by atoms with Crippen molar-refractivity contribution in [2.75, 3.05) is 34.4 Å². The Morgan fingerprint density at radius 2 is 2.05 bits per heavy atom. The van der Waals surface area contributed by atoms with Crippen LogP contribution >= 0.6 is 0 Å². The maximum atomic E-state index is 11.9. The fraction of sp³-hybridized carbons (Fsp3) is 0.462. The topological polar surface area (TPSA) is 106 Å². The first-order valence-corrected chi connectivity index (χ1v) is 6.22. The summed E-state index contributed by atoms with van der Waals surface area (Å²) in [6.45, 7) is 0.579. The van der Waals surface area contributed by atoms with Crippen LogP contribution in [0.3, 0.4) is 0 Å². The fourth-order valence-electron chi connectivity index (χ4n) is 1.79. The normalized spacial score (nSPS) is 11.2. The fourth-order valence-corrected chi connectivity index (χ4v) is 1.79. The zero-order valence-corrected chi connectivity index (χ0v) is 12.2. The van der Waals surface area contributed by atoms with Crippen molar-refractivity contribution in [2.24, 2.45) is 5.11 Å². The Kier molecular flexibility index (Phi) is 6.86. The molecule has 0 amide bonds. The number of benzene rings is 1. The van der Waals surface area contributed by atoms with Gasteiger partial charge in [0, 0.05) is 18.0 Å². The van der Waals surface area contributed by atoms with Crippen molar-refractivity contribution in [2.45, 2.75) is 6.04 Å². The monoisotopic (exact) mass is 294 g/mol. The lowest BCUT2D eigenvalue weighted by Crippen LogP contribution is -2.31. The van der Waals surface area contributed by atoms with Crippen molar-refractivity contribution in [1.29, 1.82) is 0 Å². The molecule has 8 heteroatoms. The highest BCUT2D eigenvalue weighted by Crippen LogP contribution is 2.30. The number of nitrogens with zero attached hydrogens (tertiary/aromatic N) is 3. The summed E-state index contributed by atoms with van der Waals surface area (Å²) in [6.07, 6.45) is 0. The zero-order valence-electron chi connectivity index (χ0n) is 12.2. The molecule has 1 unspecified atom stereocenters. The Balaban J connectivity index is 2.96. The van der Waals surface area contributed by atoms with Gasteiger partial charge in [0.15, 0.2) is 11.5 Å². The quantitative estimate of drug-likeness (QED) is 0.259. The molecular weight excluding hydrogens is 276 g/mol. The Morgan fingerprint density at radius 1 is 1.33 bits per heavy atom. The molecule has 0 fully saturated rings. The number of carbonyl (C=O) groups is 1. The molecule has 1 rings (SSSR count). The van der Waals surface area contributed by atoms with E-state index in [1.807, 2.05) is 0 Å². The van der Waals surface area contributed by atoms with Gasteiger partial charge in [-0.1, -0.05) is 11.2 Å². The van der Waals surface area contributed by atoms with Crippen molar-refractivity contribution >= 4 is 5.97 Å². The van der Waals surface area contributed by atoms with Gasteiger partial charge < -0.3 is 19.5 Å². The highest BCUT2D eigenvalue weighted by Gasteiger charge is 2.22. The van der Waals surface area contributed by atoms with Crippen LogP contribution in [0.15, 0.2) is 23.3 Å². The van der Waals surface area contributed by atoms with Gasteiger partial charge in [-0.3, -0.25) is 0 Å². The van der Waals surface area contributed by atoms with Crippen LogP contribution in [0.25, 0.3) is 10.4 Å². The summed E-state index contributed by atoms with van der Waals surface area (Å²) < 4.78 is 15.1. The zero-order chi connectivity index (χ0) is 15.7. The van der Waals surface area contributed by atoms with E-state index in [-0.39, 0.29) is 6.54 Å². The standard InChI is InChI=1S/C13H18N4O4/c1-19-10-5-4-9(8-11(10)20-2)12(13(18)21-3)15-6-7-16-17-14/h4-5,8,12,15H,6-7H2,1-3H3. The third-order valence-corrected chi connectivity index (χ3v) is 2.80. The van der Waals surface area contributed by atoms with E-state index in [0.717, 1.165) is 0 Å². The first-order valence-electron chi connectivity index (χ1n) is 6.22. The molecule has 0 spiro atoms. The van der Waals surface area contributed by atoms with Gasteiger partial charge in [-0.2, -0.15) is 0 Å². The minimum atomic E-state index is -0.677. The summed E-state index contributed by atoms with van der Waals surface area (Å²) in [5.74, 6) is 0.642. The van der Waals surface area contributed by atoms with Crippen LogP contribution in [0.2, 0.25) is 0 Å². The molecule has 1 aromatic carbocycles. The molecule has 0 heterocycles. The molecule has 0 aliphatic rings. The molecule has 21 heavy (non-hydrogen) atoms. The summed E-state index contributed by atoms with van der Waals surface area (Å²) in [5.41, 5.74) is 8.91. The van der Waals surface area contributed by atoms with E-state index in [2.05, 4.69) is 15.3 Å². The maximum absolute atomic E-state index is 11.9. The summed E-state index contributed by atoms with van der Waals surface area (Å²) in [7, 11) is 4.36. The van der Waals surface area contributed by atoms with Crippen LogP contribution in [0.4, 0.5) is 0 Å². The molecule has 0 saturated heterocycles. The average molecular weight is 294 g/mol. The number of esters is 1. The lowest BCUT2D eigenvalue weighted by atomic mass is 10.1. The lowest BCUT2D eigenvalue weighted by Gasteiger charge is -2.18. The van der Waals surface area contributed by atoms with E-state index >= 15 is 0 Å². The van der Waals surface area contributed by atoms with Gasteiger partial charge in [-0.25, -0.2) is 4.79 Å². The van der Waals surface area contributed by atoms with Crippen LogP contribution in [-0.2, 0) is 9.53 Å². The molecule has 0 radical (unpaired) electrons. The Morgan fingerprint density at radius 3 is 2.62 bits per heavy atom. The summed E-state index contributed by atoms with van der Waals surface area (Å²) in [6, 6.07) is 4.47. The number of hydrogen-bond acceptors (Lipinski definition) is 6. The van der Waals surface area contributed by atoms with Gasteiger partial charge >= 0.3 is 5.97 Å². The molecule has 0 aromatic heterocycles. The average Bonchev–Trinajstić information content (AvgIpc) is 2.53. The Labute approximate surface area is 122 Å². The third-order valence-electron chi connectivity index (χ3n) is 2.80. The first kappa shape index (κ1) is 16.6. The first-order chi connectivity index (χ1) is 10.2. The Bertz CT molecular complexity index is 529. The molecular formula is C13H18N4O4. The van der Waals surface area contributed by atoms with E-state index in [1.165, 1.54) is 21.3 Å². The molecule has 8 nitrogen and oxygen atoms in total. The van der Waals surface area contributed by atoms with Crippen molar-refractivity contribution in [3.05, 3.63) is 34.2 Å². The predicted octanol–water partition coefficient (Wildman–Crippen LogP) is 1.82. The molecule has 1 aromatic rings. The van der Waals surface area contributed by atoms with E-state index in [0.29, 0.717) is 23.6 Å². The van der Waals surface area contributed by atoms with Crippen molar-refractivity contribution in [3.8, 4) is 11.5 Å². The molecule has 1 N–H and O–H groups in total. The van der Waals surface area contributed by atoms with Crippen molar-refractivity contribution in [3.63, 3.8) is 0 Å². The summed E-state index contributed by atoms with van der Waals surface area (Å²) >= 11 is 0. The Hall–Kier alpha value is -2.44. The van der Waals surface area contributed by atoms with Crippen molar-refractivity contribution < 1.29 is 19.0 Å². The lowest BCUT2D eigenvalue weighted by molar-refractivity contribution is -0.143. The minimum absolute atomic E-state index is 0.233. The number of nitrogens with one attached hydrogen (secondary N) is 1. The van der Waals surface area contributed by atoms with Crippen LogP contribution < -0.4 is 14.8 Å². The molecule has 114 valence electrons. The number of carbonyl (C=O) groups excluding carboxylic acids is 1. The second-order valence-electron chi connectivity index (χ2n) is 3.98. The van der Waals surface area contributed by atoms with Crippen molar-refractivity contribution in [1.82, 2.24) is 5.32 Å². The number of azide groups is 1. The van der Waals surface area contributed by atoms with Gasteiger partial charge in [-0.15, -0.1) is 0 Å². The molecule has 0 aliphatic carbocycles. The van der Waals surface area contributed by atoms with E-state index in [9.17, 15) is 4.79 Å². The molecule has 0 saturated carbocycles. The van der Waals surface area contributed by atoms with Crippen LogP contribution in [0, 0.1) is 0 Å². The smallest absolute Gasteiger partial charge is 0.327 e. The van der Waals surface area contributed by atoms with E-state index in [1.54, 1.807) is 18.2 Å². The summed E-state index contributed by atoms with van der Waals surface area (Å²) in [5, 5.41) is 6.38. The van der Waals surface area contributed by atoms with Crippen LogP contribution in [0.5, 0.6) is 11.5 Å². The van der Waals surface area contributed by atoms with E-state index < -0.39 is 12.0 Å². The number of hydrogen-bond donors (Lipinski definition) is 1. The highest BCUT2D eigenvalue weighted by molar-refractivity contribution is 5.77. The SMILES string of the molecule is COC(=O)C(NCCN=[N+]=[N-])c1ccc(OC)c(OC)c1. The molecule has 0 aliphatic heterocycles. The second kappa shape index (κ2) is 8.68. The van der Waals surface area contributed by atoms with Gasteiger partial charge in [-0.05, 0) is 23.2 Å². The van der Waals surface area contributed by atoms with E-state index in [4.69, 9.17) is 19.7 Å². The number of methoxy groups -OCH3 is 3. The van der Waals surface area contributed by atoms with Crippen LogP contribution in [0.1, 0.15) is 11.6 Å². The van der Waals surface area contributed by atoms with Gasteiger partial charge in [0.25, 0.3) is 0 Å². The van der Waals surface area contributed by atoms with Crippen LogP contribution in [-0.4, -0.2) is 40.4 Å². The number of ether oxygens (including phenoxy) is 3. The van der Waals surface area contributed by atoms with Gasteiger partial charge in [0.1, 0.15) is 6.04 Å². The highest BCUT2D eigenvalue weighted by atomic mass is 16.5. The molecule has 0 bridgehead atoms. The minimum Gasteiger partial charge on any atom is -0.493 e. The number of rotatable bonds is 8. The maximum Gasteiger partial charge on any atom is 0.327 e. The van der Waals surface area contributed by atoms with Gasteiger partial charge in [0.2, 0.25) is 0 Å². The second-order valence-corrected chi connectivity index (χ2v) is 3.98.